The van der Waals surface area contributed by atoms with E-state index in [1.54, 1.807) is 6.07 Å². The molecule has 0 bridgehead atoms. The Morgan fingerprint density at radius 2 is 2.22 bits per heavy atom. The number of hydrogen-bond donors (Lipinski definition) is 2. The van der Waals surface area contributed by atoms with Gasteiger partial charge >= 0.3 is 0 Å². The van der Waals surface area contributed by atoms with Gasteiger partial charge in [0.25, 0.3) is 0 Å². The van der Waals surface area contributed by atoms with Crippen LogP contribution in [0.3, 0.4) is 0 Å². The van der Waals surface area contributed by atoms with Crippen LogP contribution in [-0.4, -0.2) is 19.0 Å². The summed E-state index contributed by atoms with van der Waals surface area (Å²) in [6, 6.07) is 4.81. The smallest absolute Gasteiger partial charge is 0.188 e. The Morgan fingerprint density at radius 1 is 1.50 bits per heavy atom. The second kappa shape index (κ2) is 6.79. The number of nitrogens with zero attached hydrogens (tertiary/aromatic N) is 1. The Kier molecular flexibility index (Phi) is 5.36. The van der Waals surface area contributed by atoms with Crippen molar-refractivity contribution in [3.05, 3.63) is 47.3 Å². The SMILES string of the molecule is C=C(C)CN=C(N)NCCc1ccc(F)cc1C. The van der Waals surface area contributed by atoms with Crippen LogP contribution in [0.5, 0.6) is 0 Å². The number of benzene rings is 1. The molecule has 18 heavy (non-hydrogen) atoms. The van der Waals surface area contributed by atoms with E-state index >= 15 is 0 Å². The molecule has 1 aromatic carbocycles. The van der Waals surface area contributed by atoms with Gasteiger partial charge in [0, 0.05) is 6.54 Å². The number of hydrogen-bond acceptors (Lipinski definition) is 1. The second-order valence-electron chi connectivity index (χ2n) is 4.41. The maximum atomic E-state index is 12.9. The highest BCUT2D eigenvalue weighted by molar-refractivity contribution is 5.77. The zero-order valence-corrected chi connectivity index (χ0v) is 11.0. The molecule has 0 atom stereocenters. The van der Waals surface area contributed by atoms with Gasteiger partial charge in [-0.2, -0.15) is 0 Å². The van der Waals surface area contributed by atoms with Crippen molar-refractivity contribution in [2.45, 2.75) is 20.3 Å². The van der Waals surface area contributed by atoms with E-state index in [1.165, 1.54) is 12.1 Å². The number of aryl methyl sites for hydroxylation is 1. The van der Waals surface area contributed by atoms with E-state index in [9.17, 15) is 4.39 Å². The van der Waals surface area contributed by atoms with Gasteiger partial charge in [-0.15, -0.1) is 0 Å². The van der Waals surface area contributed by atoms with Gasteiger partial charge in [-0.1, -0.05) is 18.2 Å². The molecule has 0 unspecified atom stereocenters. The molecule has 0 spiro atoms. The van der Waals surface area contributed by atoms with Gasteiger partial charge in [0.2, 0.25) is 0 Å². The summed E-state index contributed by atoms with van der Waals surface area (Å²) < 4.78 is 12.9. The van der Waals surface area contributed by atoms with Crippen molar-refractivity contribution in [3.63, 3.8) is 0 Å². The summed E-state index contributed by atoms with van der Waals surface area (Å²) in [5, 5.41) is 3.02. The highest BCUT2D eigenvalue weighted by atomic mass is 19.1. The summed E-state index contributed by atoms with van der Waals surface area (Å²) in [7, 11) is 0. The van der Waals surface area contributed by atoms with E-state index in [2.05, 4.69) is 16.9 Å². The van der Waals surface area contributed by atoms with Crippen LogP contribution in [0.1, 0.15) is 18.1 Å². The molecule has 0 aliphatic carbocycles. The molecule has 0 saturated carbocycles. The second-order valence-corrected chi connectivity index (χ2v) is 4.41. The van der Waals surface area contributed by atoms with E-state index in [-0.39, 0.29) is 5.82 Å². The van der Waals surface area contributed by atoms with Gasteiger partial charge in [-0.3, -0.25) is 0 Å². The Morgan fingerprint density at radius 3 is 2.83 bits per heavy atom. The van der Waals surface area contributed by atoms with Crippen LogP contribution < -0.4 is 11.1 Å². The normalized spacial score (nSPS) is 11.4. The monoisotopic (exact) mass is 249 g/mol. The van der Waals surface area contributed by atoms with Crippen LogP contribution in [0.2, 0.25) is 0 Å². The first-order valence-electron chi connectivity index (χ1n) is 5.92. The van der Waals surface area contributed by atoms with Crippen molar-refractivity contribution in [1.82, 2.24) is 5.32 Å². The fourth-order valence-corrected chi connectivity index (χ4v) is 1.54. The number of aliphatic imine (C=N–C) groups is 1. The summed E-state index contributed by atoms with van der Waals surface area (Å²) in [5.74, 6) is 0.213. The van der Waals surface area contributed by atoms with E-state index in [0.29, 0.717) is 19.0 Å². The molecule has 1 aromatic rings. The average Bonchev–Trinajstić information content (AvgIpc) is 2.29. The Hall–Kier alpha value is -1.84. The highest BCUT2D eigenvalue weighted by Gasteiger charge is 2.00. The predicted molar refractivity (Wildman–Crippen MR) is 74.1 cm³/mol. The minimum absolute atomic E-state index is 0.202. The zero-order chi connectivity index (χ0) is 13.5. The third-order valence-corrected chi connectivity index (χ3v) is 2.52. The zero-order valence-electron chi connectivity index (χ0n) is 11.0. The summed E-state index contributed by atoms with van der Waals surface area (Å²) in [6.07, 6.45) is 0.787. The molecule has 0 fully saturated rings. The maximum Gasteiger partial charge on any atom is 0.188 e. The van der Waals surface area contributed by atoms with Crippen LogP contribution in [0.25, 0.3) is 0 Å². The van der Waals surface area contributed by atoms with Gasteiger partial charge in [0.1, 0.15) is 5.82 Å². The lowest BCUT2D eigenvalue weighted by atomic mass is 10.1. The molecule has 98 valence electrons. The van der Waals surface area contributed by atoms with Crippen molar-refractivity contribution in [2.24, 2.45) is 10.7 Å². The minimum atomic E-state index is -0.202. The molecule has 0 aliphatic rings. The topological polar surface area (TPSA) is 50.4 Å². The Bertz CT molecular complexity index is 452. The largest absolute Gasteiger partial charge is 0.370 e. The summed E-state index contributed by atoms with van der Waals surface area (Å²) in [4.78, 5) is 4.12. The standard InChI is InChI=1S/C14H20FN3/c1-10(2)9-18-14(16)17-7-6-12-4-5-13(15)8-11(12)3/h4-5,8H,1,6-7,9H2,2-3H3,(H3,16,17,18). The van der Waals surface area contributed by atoms with Crippen molar-refractivity contribution in [3.8, 4) is 0 Å². The van der Waals surface area contributed by atoms with Crippen molar-refractivity contribution in [2.75, 3.05) is 13.1 Å². The van der Waals surface area contributed by atoms with E-state index < -0.39 is 0 Å². The van der Waals surface area contributed by atoms with Crippen molar-refractivity contribution in [1.29, 1.82) is 0 Å². The molecule has 0 amide bonds. The first kappa shape index (κ1) is 14.2. The molecular weight excluding hydrogens is 229 g/mol. The van der Waals surface area contributed by atoms with E-state index in [0.717, 1.165) is 23.1 Å². The lowest BCUT2D eigenvalue weighted by Gasteiger charge is -2.08. The summed E-state index contributed by atoms with van der Waals surface area (Å²) in [6.45, 7) is 8.76. The molecule has 0 heterocycles. The van der Waals surface area contributed by atoms with Gasteiger partial charge in [-0.05, 0) is 43.5 Å². The molecule has 0 saturated heterocycles. The summed E-state index contributed by atoms with van der Waals surface area (Å²) in [5.41, 5.74) is 8.71. The molecule has 3 N–H and O–H groups in total. The van der Waals surface area contributed by atoms with Gasteiger partial charge in [0.05, 0.1) is 6.54 Å². The lowest BCUT2D eigenvalue weighted by Crippen LogP contribution is -2.33. The van der Waals surface area contributed by atoms with Gasteiger partial charge < -0.3 is 11.1 Å². The van der Waals surface area contributed by atoms with Crippen LogP contribution in [-0.2, 0) is 6.42 Å². The molecule has 0 aromatic heterocycles. The minimum Gasteiger partial charge on any atom is -0.370 e. The third-order valence-electron chi connectivity index (χ3n) is 2.52. The number of nitrogens with two attached hydrogens (primary N) is 1. The first-order chi connectivity index (χ1) is 8.49. The quantitative estimate of drug-likeness (QED) is 0.477. The molecule has 4 heteroatoms. The lowest BCUT2D eigenvalue weighted by molar-refractivity contribution is 0.625. The maximum absolute atomic E-state index is 12.9. The number of guanidine groups is 1. The van der Waals surface area contributed by atoms with Gasteiger partial charge in [0.15, 0.2) is 5.96 Å². The summed E-state index contributed by atoms with van der Waals surface area (Å²) >= 11 is 0. The van der Waals surface area contributed by atoms with Crippen molar-refractivity contribution < 1.29 is 4.39 Å². The van der Waals surface area contributed by atoms with E-state index in [4.69, 9.17) is 5.73 Å². The van der Waals surface area contributed by atoms with Crippen LogP contribution in [0.15, 0.2) is 35.3 Å². The van der Waals surface area contributed by atoms with Crippen LogP contribution in [0, 0.1) is 12.7 Å². The molecular formula is C14H20FN3. The highest BCUT2D eigenvalue weighted by Crippen LogP contribution is 2.10. The Labute approximate surface area is 108 Å². The fourth-order valence-electron chi connectivity index (χ4n) is 1.54. The fraction of sp³-hybridized carbons (Fsp3) is 0.357. The molecule has 0 radical (unpaired) electrons. The van der Waals surface area contributed by atoms with Crippen LogP contribution in [0.4, 0.5) is 4.39 Å². The van der Waals surface area contributed by atoms with E-state index in [1.807, 2.05) is 13.8 Å². The van der Waals surface area contributed by atoms with Crippen LogP contribution >= 0.6 is 0 Å². The number of nitrogens with one attached hydrogen (secondary N) is 1. The first-order valence-corrected chi connectivity index (χ1v) is 5.92. The predicted octanol–water partition coefficient (Wildman–Crippen LogP) is 2.16. The molecule has 3 nitrogen and oxygen atoms in total. The molecule has 0 aliphatic heterocycles. The molecule has 1 rings (SSSR count). The Balaban J connectivity index is 2.42. The van der Waals surface area contributed by atoms with Crippen molar-refractivity contribution >= 4 is 5.96 Å². The number of halogens is 1. The third kappa shape index (κ3) is 4.99. The average molecular weight is 249 g/mol. The number of rotatable bonds is 5. The van der Waals surface area contributed by atoms with Gasteiger partial charge in [-0.25, -0.2) is 9.38 Å².